The van der Waals surface area contributed by atoms with Crippen LogP contribution in [0.2, 0.25) is 0 Å². The predicted molar refractivity (Wildman–Crippen MR) is 93.9 cm³/mol. The van der Waals surface area contributed by atoms with E-state index >= 15 is 0 Å². The molecule has 0 spiro atoms. The van der Waals surface area contributed by atoms with Gasteiger partial charge in [0.15, 0.2) is 0 Å². The summed E-state index contributed by atoms with van der Waals surface area (Å²) < 4.78 is 40.0. The van der Waals surface area contributed by atoms with Gasteiger partial charge in [-0.15, -0.1) is 0 Å². The van der Waals surface area contributed by atoms with E-state index in [0.717, 1.165) is 5.56 Å². The first-order valence-electron chi connectivity index (χ1n) is 8.05. The van der Waals surface area contributed by atoms with Gasteiger partial charge in [0.2, 0.25) is 10.0 Å². The van der Waals surface area contributed by atoms with Gasteiger partial charge in [0.1, 0.15) is 5.82 Å². The van der Waals surface area contributed by atoms with Crippen LogP contribution in [-0.2, 0) is 10.0 Å². The first-order chi connectivity index (χ1) is 11.9. The van der Waals surface area contributed by atoms with Gasteiger partial charge in [-0.1, -0.05) is 42.0 Å². The molecule has 2 atom stereocenters. The number of nitrogens with zero attached hydrogens (tertiary/aromatic N) is 1. The van der Waals surface area contributed by atoms with Gasteiger partial charge in [0.25, 0.3) is 0 Å². The number of aliphatic hydroxyl groups is 1. The normalized spacial score (nSPS) is 19.7. The maximum atomic E-state index is 13.0. The van der Waals surface area contributed by atoms with Crippen molar-refractivity contribution in [2.75, 3.05) is 13.1 Å². The molecule has 1 N–H and O–H groups in total. The second kappa shape index (κ2) is 7.07. The molecule has 1 aliphatic heterocycles. The van der Waals surface area contributed by atoms with Crippen molar-refractivity contribution in [1.82, 2.24) is 4.31 Å². The molecule has 3 rings (SSSR count). The van der Waals surface area contributed by atoms with Crippen molar-refractivity contribution in [2.45, 2.75) is 17.9 Å². The van der Waals surface area contributed by atoms with Crippen LogP contribution >= 0.6 is 0 Å². The van der Waals surface area contributed by atoms with Gasteiger partial charge in [-0.25, -0.2) is 12.8 Å². The number of hydrogen-bond donors (Lipinski definition) is 1. The van der Waals surface area contributed by atoms with E-state index in [1.54, 1.807) is 30.3 Å². The zero-order valence-corrected chi connectivity index (χ0v) is 14.7. The molecule has 1 heterocycles. The minimum Gasteiger partial charge on any atom is -0.388 e. The second-order valence-electron chi connectivity index (χ2n) is 6.22. The van der Waals surface area contributed by atoms with Crippen LogP contribution in [-0.4, -0.2) is 30.9 Å². The van der Waals surface area contributed by atoms with Crippen molar-refractivity contribution in [3.05, 3.63) is 77.6 Å². The number of aliphatic hydroxyl groups excluding tert-OH is 1. The van der Waals surface area contributed by atoms with Gasteiger partial charge in [-0.3, -0.25) is 0 Å². The average Bonchev–Trinajstić information content (AvgIpc) is 2.62. The van der Waals surface area contributed by atoms with Gasteiger partial charge in [-0.2, -0.15) is 4.31 Å². The van der Waals surface area contributed by atoms with Crippen LogP contribution in [0.15, 0.2) is 65.6 Å². The largest absolute Gasteiger partial charge is 0.388 e. The summed E-state index contributed by atoms with van der Waals surface area (Å²) >= 11 is 0. The van der Waals surface area contributed by atoms with E-state index < -0.39 is 16.1 Å². The van der Waals surface area contributed by atoms with E-state index in [-0.39, 0.29) is 29.7 Å². The highest BCUT2D eigenvalue weighted by Crippen LogP contribution is 2.29. The van der Waals surface area contributed by atoms with E-state index in [0.29, 0.717) is 5.56 Å². The molecular weight excluding hydrogens is 341 g/mol. The Morgan fingerprint density at radius 2 is 1.76 bits per heavy atom. The quantitative estimate of drug-likeness (QED) is 0.852. The van der Waals surface area contributed by atoms with E-state index in [1.807, 2.05) is 13.0 Å². The Labute approximate surface area is 147 Å². The lowest BCUT2D eigenvalue weighted by Gasteiger charge is -2.31. The van der Waals surface area contributed by atoms with E-state index in [2.05, 4.69) is 0 Å². The third-order valence-electron chi connectivity index (χ3n) is 4.38. The van der Waals surface area contributed by atoms with Gasteiger partial charge in [0, 0.05) is 19.0 Å². The molecule has 0 saturated heterocycles. The maximum Gasteiger partial charge on any atom is 0.243 e. The Morgan fingerprint density at radius 3 is 2.40 bits per heavy atom. The maximum absolute atomic E-state index is 13.0. The van der Waals surface area contributed by atoms with E-state index in [4.69, 9.17) is 0 Å². The summed E-state index contributed by atoms with van der Waals surface area (Å²) in [6.07, 6.45) is 2.66. The van der Waals surface area contributed by atoms with Crippen molar-refractivity contribution in [1.29, 1.82) is 0 Å². The molecule has 0 saturated carbocycles. The fraction of sp³-hybridized carbons (Fsp3) is 0.263. The molecule has 2 aromatic rings. The molecule has 0 unspecified atom stereocenters. The number of rotatable bonds is 4. The molecule has 25 heavy (non-hydrogen) atoms. The van der Waals surface area contributed by atoms with Crippen molar-refractivity contribution in [3.63, 3.8) is 0 Å². The van der Waals surface area contributed by atoms with Crippen LogP contribution in [0.3, 0.4) is 0 Å². The highest BCUT2D eigenvalue weighted by molar-refractivity contribution is 7.89. The van der Waals surface area contributed by atoms with Crippen LogP contribution < -0.4 is 0 Å². The molecular formula is C19H20FNO3S. The third kappa shape index (κ3) is 3.81. The summed E-state index contributed by atoms with van der Waals surface area (Å²) in [4.78, 5) is 0.239. The molecule has 1 aliphatic rings. The zero-order chi connectivity index (χ0) is 18.0. The van der Waals surface area contributed by atoms with E-state index in [1.165, 1.54) is 28.6 Å². The smallest absolute Gasteiger partial charge is 0.243 e. The predicted octanol–water partition coefficient (Wildman–Crippen LogP) is 3.04. The molecule has 6 heteroatoms. The van der Waals surface area contributed by atoms with E-state index in [9.17, 15) is 17.9 Å². The summed E-state index contributed by atoms with van der Waals surface area (Å²) in [6, 6.07) is 12.3. The fourth-order valence-electron chi connectivity index (χ4n) is 2.89. The lowest BCUT2D eigenvalue weighted by Crippen LogP contribution is -2.39. The molecule has 0 radical (unpaired) electrons. The Hall–Kier alpha value is -2.02. The second-order valence-corrected chi connectivity index (χ2v) is 8.16. The van der Waals surface area contributed by atoms with Crippen molar-refractivity contribution >= 4 is 10.0 Å². The molecule has 0 amide bonds. The minimum atomic E-state index is -3.62. The first kappa shape index (κ1) is 17.8. The summed E-state index contributed by atoms with van der Waals surface area (Å²) in [5, 5.41) is 10.5. The SMILES string of the molecule is Cc1ccc(S(=O)(=O)N2CC=C[C@H]([C@@H](O)c3ccc(F)cc3)C2)cc1. The standard InChI is InChI=1S/C19H20FNO3S/c1-14-4-10-18(11-5-14)25(23,24)21-12-2-3-16(13-21)19(22)15-6-8-17(20)9-7-15/h2-11,16,19,22H,12-13H2,1H3/t16-,19-/m0/s1. The van der Waals surface area contributed by atoms with Gasteiger partial charge >= 0.3 is 0 Å². The van der Waals surface area contributed by atoms with Crippen LogP contribution in [0.1, 0.15) is 17.2 Å². The molecule has 0 aromatic heterocycles. The third-order valence-corrected chi connectivity index (χ3v) is 6.23. The Bertz CT molecular complexity index is 861. The lowest BCUT2D eigenvalue weighted by molar-refractivity contribution is 0.117. The number of aryl methyl sites for hydroxylation is 1. The van der Waals surface area contributed by atoms with Crippen LogP contribution in [0, 0.1) is 18.7 Å². The van der Waals surface area contributed by atoms with Gasteiger partial charge in [0.05, 0.1) is 11.0 Å². The van der Waals surface area contributed by atoms with Crippen LogP contribution in [0.5, 0.6) is 0 Å². The van der Waals surface area contributed by atoms with Crippen molar-refractivity contribution < 1.29 is 17.9 Å². The van der Waals surface area contributed by atoms with Crippen LogP contribution in [0.4, 0.5) is 4.39 Å². The minimum absolute atomic E-state index is 0.172. The molecule has 132 valence electrons. The highest BCUT2D eigenvalue weighted by atomic mass is 32.2. The highest BCUT2D eigenvalue weighted by Gasteiger charge is 2.31. The average molecular weight is 361 g/mol. The lowest BCUT2D eigenvalue weighted by atomic mass is 9.94. The summed E-state index contributed by atoms with van der Waals surface area (Å²) in [6.45, 7) is 2.34. The number of benzene rings is 2. The molecule has 0 fully saturated rings. The summed E-state index contributed by atoms with van der Waals surface area (Å²) in [5.74, 6) is -0.766. The van der Waals surface area contributed by atoms with Gasteiger partial charge < -0.3 is 5.11 Å². The Balaban J connectivity index is 1.80. The molecule has 2 aromatic carbocycles. The topological polar surface area (TPSA) is 57.6 Å². The zero-order valence-electron chi connectivity index (χ0n) is 13.8. The number of sulfonamides is 1. The summed E-state index contributed by atoms with van der Waals surface area (Å²) in [7, 11) is -3.62. The monoisotopic (exact) mass is 361 g/mol. The van der Waals surface area contributed by atoms with Crippen molar-refractivity contribution in [3.8, 4) is 0 Å². The van der Waals surface area contributed by atoms with Crippen molar-refractivity contribution in [2.24, 2.45) is 5.92 Å². The summed E-state index contributed by atoms with van der Waals surface area (Å²) in [5.41, 5.74) is 1.55. The molecule has 0 bridgehead atoms. The van der Waals surface area contributed by atoms with Crippen LogP contribution in [0.25, 0.3) is 0 Å². The Kier molecular flexibility index (Phi) is 5.03. The molecule has 4 nitrogen and oxygen atoms in total. The Morgan fingerprint density at radius 1 is 1.12 bits per heavy atom. The fourth-order valence-corrected chi connectivity index (χ4v) is 4.32. The molecule has 0 aliphatic carbocycles. The first-order valence-corrected chi connectivity index (χ1v) is 9.49. The van der Waals surface area contributed by atoms with Gasteiger partial charge in [-0.05, 0) is 36.8 Å². The number of halogens is 1. The number of hydrogen-bond acceptors (Lipinski definition) is 3.